The Morgan fingerprint density at radius 2 is 1.74 bits per heavy atom. The molecule has 0 aromatic heterocycles. The molecule has 2 aliphatic heterocycles. The van der Waals surface area contributed by atoms with E-state index in [0.717, 1.165) is 0 Å². The highest BCUT2D eigenvalue weighted by Crippen LogP contribution is 2.72. The fraction of sp³-hybridized carbons (Fsp3) is 0.762. The number of carbonyl (C=O) groups excluding carboxylic acids is 3. The van der Waals surface area contributed by atoms with Gasteiger partial charge in [-0.15, -0.1) is 0 Å². The number of fused-ring (bicyclic) bond motifs is 2. The van der Waals surface area contributed by atoms with Gasteiger partial charge in [0.25, 0.3) is 0 Å². The quantitative estimate of drug-likeness (QED) is 0.258. The summed E-state index contributed by atoms with van der Waals surface area (Å²) in [6.45, 7) is 6.97. The van der Waals surface area contributed by atoms with Gasteiger partial charge >= 0.3 is 17.9 Å². The second-order valence-corrected chi connectivity index (χ2v) is 9.08. The van der Waals surface area contributed by atoms with Crippen LogP contribution in [0.3, 0.4) is 0 Å². The molecule has 10 nitrogen and oxygen atoms in total. The Bertz CT molecular complexity index is 847. The molecule has 2 aliphatic carbocycles. The van der Waals surface area contributed by atoms with Gasteiger partial charge in [-0.2, -0.15) is 0 Å². The van der Waals surface area contributed by atoms with E-state index in [-0.39, 0.29) is 13.2 Å². The number of aliphatic hydroxyl groups is 2. The van der Waals surface area contributed by atoms with Gasteiger partial charge in [0.15, 0.2) is 12.2 Å². The molecule has 4 rings (SSSR count). The number of aliphatic hydroxyl groups excluding tert-OH is 2. The van der Waals surface area contributed by atoms with Crippen molar-refractivity contribution in [3.63, 3.8) is 0 Å². The largest absolute Gasteiger partial charge is 0.465 e. The molecule has 2 bridgehead atoms. The van der Waals surface area contributed by atoms with E-state index in [0.29, 0.717) is 5.57 Å². The first-order chi connectivity index (χ1) is 14.4. The molecule has 172 valence electrons. The lowest BCUT2D eigenvalue weighted by molar-refractivity contribution is -0.274. The van der Waals surface area contributed by atoms with Crippen LogP contribution in [0.5, 0.6) is 0 Å². The normalized spacial score (nSPS) is 47.3. The van der Waals surface area contributed by atoms with Crippen molar-refractivity contribution in [3.05, 3.63) is 11.6 Å². The smallest absolute Gasteiger partial charge is 0.303 e. The van der Waals surface area contributed by atoms with Crippen LogP contribution in [0.25, 0.3) is 0 Å². The fourth-order valence-corrected chi connectivity index (χ4v) is 6.00. The molecular weight excluding hydrogens is 412 g/mol. The summed E-state index contributed by atoms with van der Waals surface area (Å²) < 4.78 is 28.8. The Kier molecular flexibility index (Phi) is 5.01. The van der Waals surface area contributed by atoms with E-state index in [1.807, 2.05) is 0 Å². The van der Waals surface area contributed by atoms with Crippen LogP contribution in [0.4, 0.5) is 0 Å². The van der Waals surface area contributed by atoms with Crippen LogP contribution in [0.1, 0.15) is 34.6 Å². The summed E-state index contributed by atoms with van der Waals surface area (Å²) in [6.07, 6.45) is -4.74. The Hall–Kier alpha value is -2.01. The summed E-state index contributed by atoms with van der Waals surface area (Å²) in [5, 5.41) is 22.2. The molecule has 9 atom stereocenters. The zero-order chi connectivity index (χ0) is 22.9. The maximum absolute atomic E-state index is 12.1. The Balaban J connectivity index is 1.95. The van der Waals surface area contributed by atoms with Crippen molar-refractivity contribution in [2.24, 2.45) is 10.8 Å². The maximum atomic E-state index is 12.1. The predicted molar refractivity (Wildman–Crippen MR) is 101 cm³/mol. The molecule has 2 heterocycles. The van der Waals surface area contributed by atoms with E-state index in [1.165, 1.54) is 20.8 Å². The van der Waals surface area contributed by atoms with Crippen molar-refractivity contribution in [3.8, 4) is 0 Å². The molecule has 10 heteroatoms. The number of rotatable bonds is 4. The zero-order valence-electron chi connectivity index (χ0n) is 18.1. The molecule has 4 aliphatic rings. The number of epoxide rings is 1. The molecule has 1 spiro atoms. The SMILES string of the molecule is CC(=O)OC[C@@]12C(C=C(C)[C@@H](O)[C@H]1O)OC1[C@H](OC(C)=O)[C@@H](OC(C)=O)[C@@]2(C)C12CO2. The summed E-state index contributed by atoms with van der Waals surface area (Å²) in [7, 11) is 0. The number of esters is 3. The molecule has 2 saturated heterocycles. The van der Waals surface area contributed by atoms with Gasteiger partial charge in [0, 0.05) is 20.8 Å². The van der Waals surface area contributed by atoms with Crippen molar-refractivity contribution >= 4 is 17.9 Å². The summed E-state index contributed by atoms with van der Waals surface area (Å²) >= 11 is 0. The molecule has 0 amide bonds. The van der Waals surface area contributed by atoms with E-state index < -0.39 is 71.0 Å². The highest BCUT2D eigenvalue weighted by molar-refractivity contribution is 5.68. The number of hydrogen-bond acceptors (Lipinski definition) is 10. The third kappa shape index (κ3) is 2.75. The van der Waals surface area contributed by atoms with Crippen LogP contribution in [-0.2, 0) is 38.1 Å². The summed E-state index contributed by atoms with van der Waals surface area (Å²) in [4.78, 5) is 35.7. The minimum atomic E-state index is -1.44. The van der Waals surface area contributed by atoms with Crippen molar-refractivity contribution in [2.45, 2.75) is 76.8 Å². The zero-order valence-corrected chi connectivity index (χ0v) is 18.1. The van der Waals surface area contributed by atoms with Gasteiger partial charge in [0.05, 0.1) is 29.6 Å². The first-order valence-electron chi connectivity index (χ1n) is 10.2. The average Bonchev–Trinajstić information content (AvgIpc) is 3.45. The lowest BCUT2D eigenvalue weighted by Crippen LogP contribution is -2.73. The van der Waals surface area contributed by atoms with Gasteiger partial charge < -0.3 is 33.9 Å². The lowest BCUT2D eigenvalue weighted by atomic mass is 9.49. The predicted octanol–water partition coefficient (Wildman–Crippen LogP) is -0.363. The Morgan fingerprint density at radius 1 is 1.13 bits per heavy atom. The van der Waals surface area contributed by atoms with E-state index in [1.54, 1.807) is 19.9 Å². The lowest BCUT2D eigenvalue weighted by Gasteiger charge is -2.60. The molecule has 2 N–H and O–H groups in total. The van der Waals surface area contributed by atoms with E-state index in [4.69, 9.17) is 23.7 Å². The average molecular weight is 440 g/mol. The van der Waals surface area contributed by atoms with Crippen LogP contribution < -0.4 is 0 Å². The third-order valence-corrected chi connectivity index (χ3v) is 7.54. The minimum absolute atomic E-state index is 0.198. The van der Waals surface area contributed by atoms with Crippen molar-refractivity contribution in [2.75, 3.05) is 13.2 Å². The summed E-state index contributed by atoms with van der Waals surface area (Å²) in [5.41, 5.74) is -3.25. The number of ether oxygens (including phenoxy) is 5. The highest BCUT2D eigenvalue weighted by Gasteiger charge is 2.88. The van der Waals surface area contributed by atoms with Crippen LogP contribution in [-0.4, -0.2) is 83.6 Å². The van der Waals surface area contributed by atoms with Crippen molar-refractivity contribution in [1.82, 2.24) is 0 Å². The summed E-state index contributed by atoms with van der Waals surface area (Å²) in [6, 6.07) is 0. The fourth-order valence-electron chi connectivity index (χ4n) is 6.00. The third-order valence-electron chi connectivity index (χ3n) is 7.54. The molecule has 1 saturated carbocycles. The standard InChI is InChI=1S/C21H28O10/c1-9-6-13-20(7-27-10(2)22,16(26)14(9)25)19(5)17(30-12(4)24)15(29-11(3)23)18(31-13)21(19)8-28-21/h6,13-18,25-26H,7-8H2,1-5H3/t13?,14-,15-,16-,17-,18?,19-,20-,21?/m1/s1. The number of hydrogen-bond donors (Lipinski definition) is 2. The van der Waals surface area contributed by atoms with Gasteiger partial charge in [-0.05, 0) is 12.5 Å². The van der Waals surface area contributed by atoms with Crippen LogP contribution in [0.2, 0.25) is 0 Å². The molecule has 31 heavy (non-hydrogen) atoms. The second-order valence-electron chi connectivity index (χ2n) is 9.08. The molecule has 0 aromatic carbocycles. The second kappa shape index (κ2) is 6.99. The molecule has 3 fully saturated rings. The van der Waals surface area contributed by atoms with Gasteiger partial charge in [0.1, 0.15) is 24.4 Å². The maximum Gasteiger partial charge on any atom is 0.303 e. The topological polar surface area (TPSA) is 141 Å². The minimum Gasteiger partial charge on any atom is -0.465 e. The van der Waals surface area contributed by atoms with Crippen LogP contribution in [0, 0.1) is 10.8 Å². The Morgan fingerprint density at radius 3 is 2.26 bits per heavy atom. The van der Waals surface area contributed by atoms with Crippen LogP contribution in [0.15, 0.2) is 11.6 Å². The monoisotopic (exact) mass is 440 g/mol. The number of carbonyl (C=O) groups is 3. The van der Waals surface area contributed by atoms with Gasteiger partial charge in [0.2, 0.25) is 0 Å². The molecule has 3 unspecified atom stereocenters. The van der Waals surface area contributed by atoms with E-state index in [2.05, 4.69) is 0 Å². The first kappa shape index (κ1) is 22.2. The molecular formula is C21H28O10. The summed E-state index contributed by atoms with van der Waals surface area (Å²) in [5.74, 6) is -1.80. The molecule has 0 aromatic rings. The highest BCUT2D eigenvalue weighted by atomic mass is 16.7. The van der Waals surface area contributed by atoms with Gasteiger partial charge in [-0.25, -0.2) is 0 Å². The van der Waals surface area contributed by atoms with E-state index in [9.17, 15) is 24.6 Å². The van der Waals surface area contributed by atoms with E-state index >= 15 is 0 Å². The first-order valence-corrected chi connectivity index (χ1v) is 10.2. The van der Waals surface area contributed by atoms with Gasteiger partial charge in [-0.3, -0.25) is 14.4 Å². The molecule has 0 radical (unpaired) electrons. The van der Waals surface area contributed by atoms with Crippen molar-refractivity contribution < 1.29 is 48.3 Å². The Labute approximate surface area is 179 Å². The van der Waals surface area contributed by atoms with Gasteiger partial charge in [-0.1, -0.05) is 13.0 Å². The van der Waals surface area contributed by atoms with Crippen LogP contribution >= 0.6 is 0 Å². The van der Waals surface area contributed by atoms with Crippen molar-refractivity contribution in [1.29, 1.82) is 0 Å².